The Kier molecular flexibility index (Phi) is 5.53. The van der Waals surface area contributed by atoms with Gasteiger partial charge in [0.2, 0.25) is 0 Å². The first-order valence-electron chi connectivity index (χ1n) is 8.48. The van der Waals surface area contributed by atoms with Crippen LogP contribution in [0.15, 0.2) is 48.5 Å². The number of carbonyl (C=O) groups excluding carboxylic acids is 1. The van der Waals surface area contributed by atoms with Crippen LogP contribution in [0.1, 0.15) is 23.2 Å². The summed E-state index contributed by atoms with van der Waals surface area (Å²) in [4.78, 5) is 14.6. The van der Waals surface area contributed by atoms with Crippen molar-refractivity contribution in [3.63, 3.8) is 0 Å². The normalized spacial score (nSPS) is 16.7. The molecule has 25 heavy (non-hydrogen) atoms. The largest absolute Gasteiger partial charge is 0.496 e. The zero-order valence-electron chi connectivity index (χ0n) is 14.3. The zero-order chi connectivity index (χ0) is 17.6. The minimum Gasteiger partial charge on any atom is -0.496 e. The van der Waals surface area contributed by atoms with Gasteiger partial charge in [0.15, 0.2) is 0 Å². The molecule has 1 atom stereocenters. The van der Waals surface area contributed by atoms with Crippen molar-refractivity contribution in [2.75, 3.05) is 26.8 Å². The van der Waals surface area contributed by atoms with E-state index in [0.717, 1.165) is 25.9 Å². The molecule has 1 fully saturated rings. The lowest BCUT2D eigenvalue weighted by Crippen LogP contribution is -2.29. The van der Waals surface area contributed by atoms with E-state index < -0.39 is 0 Å². The summed E-state index contributed by atoms with van der Waals surface area (Å²) >= 11 is 0. The number of halogens is 1. The van der Waals surface area contributed by atoms with Crippen molar-refractivity contribution in [2.45, 2.75) is 12.8 Å². The highest BCUT2D eigenvalue weighted by Gasteiger charge is 2.28. The maximum atomic E-state index is 12.9. The lowest BCUT2D eigenvalue weighted by Gasteiger charge is -2.18. The second-order valence-corrected chi connectivity index (χ2v) is 6.20. The Balaban J connectivity index is 1.49. The van der Waals surface area contributed by atoms with Gasteiger partial charge in [-0.1, -0.05) is 12.1 Å². The Hall–Kier alpha value is -2.56. The van der Waals surface area contributed by atoms with Crippen molar-refractivity contribution in [1.29, 1.82) is 0 Å². The fraction of sp³-hybridized carbons (Fsp3) is 0.350. The summed E-state index contributed by atoms with van der Waals surface area (Å²) in [5, 5.41) is 0. The minimum atomic E-state index is -0.270. The maximum absolute atomic E-state index is 12.9. The van der Waals surface area contributed by atoms with E-state index in [9.17, 15) is 9.18 Å². The fourth-order valence-corrected chi connectivity index (χ4v) is 3.12. The minimum absolute atomic E-state index is 0.0133. The predicted octanol–water partition coefficient (Wildman–Crippen LogP) is 3.77. The third-order valence-corrected chi connectivity index (χ3v) is 4.52. The molecule has 0 bridgehead atoms. The molecule has 0 aromatic heterocycles. The molecule has 2 aromatic carbocycles. The summed E-state index contributed by atoms with van der Waals surface area (Å²) in [6.45, 7) is 2.04. The molecule has 0 saturated carbocycles. The number of carbonyl (C=O) groups is 1. The monoisotopic (exact) mass is 343 g/mol. The molecule has 0 aliphatic carbocycles. The lowest BCUT2D eigenvalue weighted by molar-refractivity contribution is 0.0782. The van der Waals surface area contributed by atoms with Gasteiger partial charge in [0.1, 0.15) is 17.3 Å². The SMILES string of the molecule is COc1ccccc1C(=O)N1CCC(CCOc2ccc(F)cc2)C1. The molecule has 1 unspecified atom stereocenters. The summed E-state index contributed by atoms with van der Waals surface area (Å²) in [6.07, 6.45) is 1.83. The number of hydrogen-bond acceptors (Lipinski definition) is 3. The number of hydrogen-bond donors (Lipinski definition) is 0. The van der Waals surface area contributed by atoms with Gasteiger partial charge in [0, 0.05) is 13.1 Å². The molecule has 4 nitrogen and oxygen atoms in total. The molecule has 1 heterocycles. The summed E-state index contributed by atoms with van der Waals surface area (Å²) in [5.41, 5.74) is 0.605. The first kappa shape index (κ1) is 17.3. The molecule has 1 aliphatic rings. The molecule has 1 aliphatic heterocycles. The number of ether oxygens (including phenoxy) is 2. The summed E-state index contributed by atoms with van der Waals surface area (Å²) < 4.78 is 23.8. The van der Waals surface area contributed by atoms with Gasteiger partial charge in [-0.25, -0.2) is 4.39 Å². The van der Waals surface area contributed by atoms with Crippen LogP contribution in [-0.4, -0.2) is 37.6 Å². The number of para-hydroxylation sites is 1. The molecule has 0 radical (unpaired) electrons. The third kappa shape index (κ3) is 4.29. The predicted molar refractivity (Wildman–Crippen MR) is 93.5 cm³/mol. The van der Waals surface area contributed by atoms with Gasteiger partial charge >= 0.3 is 0 Å². The van der Waals surface area contributed by atoms with Crippen LogP contribution in [0.4, 0.5) is 4.39 Å². The fourth-order valence-electron chi connectivity index (χ4n) is 3.12. The molecule has 132 valence electrons. The molecule has 5 heteroatoms. The van der Waals surface area contributed by atoms with E-state index in [1.54, 1.807) is 31.4 Å². The quantitative estimate of drug-likeness (QED) is 0.801. The molecule has 0 N–H and O–H groups in total. The molecule has 1 saturated heterocycles. The average Bonchev–Trinajstić information content (AvgIpc) is 3.11. The van der Waals surface area contributed by atoms with Crippen LogP contribution in [0.25, 0.3) is 0 Å². The van der Waals surface area contributed by atoms with Crippen molar-refractivity contribution in [1.82, 2.24) is 4.90 Å². The van der Waals surface area contributed by atoms with E-state index >= 15 is 0 Å². The van der Waals surface area contributed by atoms with Gasteiger partial charge < -0.3 is 14.4 Å². The Bertz CT molecular complexity index is 717. The first-order valence-corrected chi connectivity index (χ1v) is 8.48. The van der Waals surface area contributed by atoms with Crippen LogP contribution in [0, 0.1) is 11.7 Å². The van der Waals surface area contributed by atoms with Crippen molar-refractivity contribution >= 4 is 5.91 Å². The maximum Gasteiger partial charge on any atom is 0.257 e. The number of benzene rings is 2. The van der Waals surface area contributed by atoms with Gasteiger partial charge in [0.05, 0.1) is 19.3 Å². The van der Waals surface area contributed by atoms with Crippen molar-refractivity contribution < 1.29 is 18.7 Å². The smallest absolute Gasteiger partial charge is 0.257 e. The molecule has 1 amide bonds. The van der Waals surface area contributed by atoms with E-state index in [0.29, 0.717) is 29.6 Å². The number of rotatable bonds is 6. The van der Waals surface area contributed by atoms with Crippen LogP contribution >= 0.6 is 0 Å². The molecule has 2 aromatic rings. The van der Waals surface area contributed by atoms with Gasteiger partial charge in [-0.15, -0.1) is 0 Å². The van der Waals surface area contributed by atoms with E-state index in [-0.39, 0.29) is 11.7 Å². The molecular formula is C20H22FNO3. The number of amides is 1. The lowest BCUT2D eigenvalue weighted by atomic mass is 10.1. The standard InChI is InChI=1S/C20H22FNO3/c1-24-19-5-3-2-4-18(19)20(23)22-12-10-15(14-22)11-13-25-17-8-6-16(21)7-9-17/h2-9,15H,10-14H2,1H3. The van der Waals surface area contributed by atoms with Crippen LogP contribution in [0.5, 0.6) is 11.5 Å². The Labute approximate surface area is 147 Å². The van der Waals surface area contributed by atoms with Gasteiger partial charge in [-0.3, -0.25) is 4.79 Å². The van der Waals surface area contributed by atoms with Gasteiger partial charge in [-0.2, -0.15) is 0 Å². The zero-order valence-corrected chi connectivity index (χ0v) is 14.3. The highest BCUT2D eigenvalue weighted by Crippen LogP contribution is 2.25. The summed E-state index contributed by atoms with van der Waals surface area (Å²) in [6, 6.07) is 13.3. The van der Waals surface area contributed by atoms with Crippen LogP contribution in [-0.2, 0) is 0 Å². The summed E-state index contributed by atoms with van der Waals surface area (Å²) in [7, 11) is 1.58. The van der Waals surface area contributed by atoms with E-state index in [2.05, 4.69) is 0 Å². The summed E-state index contributed by atoms with van der Waals surface area (Å²) in [5.74, 6) is 1.43. The Morgan fingerprint density at radius 3 is 2.72 bits per heavy atom. The van der Waals surface area contributed by atoms with Crippen LogP contribution in [0.3, 0.4) is 0 Å². The Morgan fingerprint density at radius 2 is 1.96 bits per heavy atom. The number of likely N-dealkylation sites (tertiary alicyclic amines) is 1. The first-order chi connectivity index (χ1) is 12.2. The van der Waals surface area contributed by atoms with Crippen molar-refractivity contribution in [3.05, 3.63) is 59.9 Å². The van der Waals surface area contributed by atoms with E-state index in [4.69, 9.17) is 9.47 Å². The number of methoxy groups -OCH3 is 1. The van der Waals surface area contributed by atoms with Gasteiger partial charge in [0.25, 0.3) is 5.91 Å². The van der Waals surface area contributed by atoms with Crippen molar-refractivity contribution in [3.8, 4) is 11.5 Å². The second-order valence-electron chi connectivity index (χ2n) is 6.20. The Morgan fingerprint density at radius 1 is 1.20 bits per heavy atom. The molecule has 0 spiro atoms. The highest BCUT2D eigenvalue weighted by molar-refractivity contribution is 5.97. The third-order valence-electron chi connectivity index (χ3n) is 4.52. The molecular weight excluding hydrogens is 321 g/mol. The molecule has 3 rings (SSSR count). The topological polar surface area (TPSA) is 38.8 Å². The van der Waals surface area contributed by atoms with Crippen LogP contribution in [0.2, 0.25) is 0 Å². The van der Waals surface area contributed by atoms with Gasteiger partial charge in [-0.05, 0) is 55.2 Å². The van der Waals surface area contributed by atoms with E-state index in [1.807, 2.05) is 17.0 Å². The average molecular weight is 343 g/mol. The van der Waals surface area contributed by atoms with Crippen LogP contribution < -0.4 is 9.47 Å². The second kappa shape index (κ2) is 8.01. The van der Waals surface area contributed by atoms with E-state index in [1.165, 1.54) is 12.1 Å². The highest BCUT2D eigenvalue weighted by atomic mass is 19.1. The van der Waals surface area contributed by atoms with Crippen molar-refractivity contribution in [2.24, 2.45) is 5.92 Å². The number of nitrogens with zero attached hydrogens (tertiary/aromatic N) is 1.